The van der Waals surface area contributed by atoms with Gasteiger partial charge in [-0.05, 0) is 49.5 Å². The molecule has 2 N–H and O–H groups in total. The van der Waals surface area contributed by atoms with Crippen LogP contribution in [0.15, 0.2) is 30.6 Å². The van der Waals surface area contributed by atoms with Gasteiger partial charge in [0.15, 0.2) is 0 Å². The summed E-state index contributed by atoms with van der Waals surface area (Å²) in [6, 6.07) is 5.32. The first-order chi connectivity index (χ1) is 17.2. The smallest absolute Gasteiger partial charge is 0.147 e. The molecular weight excluding hydrogens is 463 g/mol. The number of morpholine rings is 1. The van der Waals surface area contributed by atoms with Crippen LogP contribution in [0.4, 0.5) is 10.1 Å². The van der Waals surface area contributed by atoms with Gasteiger partial charge in [-0.2, -0.15) is 0 Å². The van der Waals surface area contributed by atoms with E-state index >= 15 is 4.39 Å². The van der Waals surface area contributed by atoms with Crippen LogP contribution in [0.1, 0.15) is 28.4 Å². The highest BCUT2D eigenvalue weighted by Gasteiger charge is 2.43. The van der Waals surface area contributed by atoms with E-state index in [2.05, 4.69) is 31.2 Å². The second kappa shape index (κ2) is 8.58. The molecule has 0 radical (unpaired) electrons. The van der Waals surface area contributed by atoms with Gasteiger partial charge in [0.2, 0.25) is 0 Å². The zero-order chi connectivity index (χ0) is 23.4. The third kappa shape index (κ3) is 3.85. The minimum Gasteiger partial charge on any atom is -0.378 e. The summed E-state index contributed by atoms with van der Waals surface area (Å²) in [6.07, 6.45) is 6.58. The summed E-state index contributed by atoms with van der Waals surface area (Å²) in [5.74, 6) is -0.207. The number of piperidine rings is 1. The van der Waals surface area contributed by atoms with Gasteiger partial charge in [-0.15, -0.1) is 11.3 Å². The third-order valence-corrected chi connectivity index (χ3v) is 9.11. The van der Waals surface area contributed by atoms with Gasteiger partial charge in [0.05, 0.1) is 48.3 Å². The molecule has 35 heavy (non-hydrogen) atoms. The Morgan fingerprint density at radius 1 is 1.11 bits per heavy atom. The monoisotopic (exact) mass is 494 g/mol. The van der Waals surface area contributed by atoms with Crippen LogP contribution in [0, 0.1) is 11.2 Å². The molecule has 0 saturated carbocycles. The number of fused-ring (bicyclic) bond motifs is 2. The maximum absolute atomic E-state index is 15.2. The van der Waals surface area contributed by atoms with Crippen molar-refractivity contribution in [1.82, 2.24) is 25.1 Å². The first kappa shape index (κ1) is 21.8. The lowest BCUT2D eigenvalue weighted by atomic mass is 9.72. The molecule has 9 heteroatoms. The van der Waals surface area contributed by atoms with Crippen molar-refractivity contribution in [2.45, 2.75) is 25.9 Å². The number of hydrogen-bond donors (Lipinski definition) is 2. The van der Waals surface area contributed by atoms with E-state index in [1.165, 1.54) is 35.8 Å². The summed E-state index contributed by atoms with van der Waals surface area (Å²) < 4.78 is 20.8. The van der Waals surface area contributed by atoms with Crippen molar-refractivity contribution in [2.24, 2.45) is 5.41 Å². The van der Waals surface area contributed by atoms with Gasteiger partial charge in [0.25, 0.3) is 0 Å². The second-order valence-electron chi connectivity index (χ2n) is 10.4. The molecule has 3 fully saturated rings. The maximum Gasteiger partial charge on any atom is 0.147 e. The second-order valence-corrected chi connectivity index (χ2v) is 11.4. The SMILES string of the molecule is Fc1ccc2[nH]ccc2c1N1C=C(N2CCOCC2)c2sc(CN3CC4(CCNCC4)C3)nc2C1. The highest BCUT2D eigenvalue weighted by atomic mass is 32.1. The van der Waals surface area contributed by atoms with E-state index in [-0.39, 0.29) is 5.82 Å². The van der Waals surface area contributed by atoms with Crippen molar-refractivity contribution < 1.29 is 9.13 Å². The lowest BCUT2D eigenvalue weighted by Crippen LogP contribution is -2.59. The molecular formula is C26H31FN6OS. The molecule has 3 saturated heterocycles. The third-order valence-electron chi connectivity index (χ3n) is 8.01. The Labute approximate surface area is 208 Å². The molecule has 3 aromatic rings. The molecule has 2 aromatic heterocycles. The number of aromatic amines is 1. The van der Waals surface area contributed by atoms with Gasteiger partial charge in [0.1, 0.15) is 10.8 Å². The highest BCUT2D eigenvalue weighted by molar-refractivity contribution is 7.12. The molecule has 1 aromatic carbocycles. The Morgan fingerprint density at radius 3 is 2.77 bits per heavy atom. The Morgan fingerprint density at radius 2 is 1.94 bits per heavy atom. The average Bonchev–Trinajstić information content (AvgIpc) is 3.50. The number of likely N-dealkylation sites (tertiary alicyclic amines) is 1. The summed E-state index contributed by atoms with van der Waals surface area (Å²) in [4.78, 5) is 16.5. The standard InChI is InChI=1S/C26H31FN6OS/c27-19-1-2-20-18(3-6-29-20)24(19)33-13-21-25(22(14-33)32-9-11-34-12-10-32)35-23(30-21)15-31-16-26(17-31)4-7-28-8-5-26/h1-3,6,14,28-29H,4-5,7-13,15-17H2. The molecule has 4 aliphatic rings. The lowest BCUT2D eigenvalue weighted by molar-refractivity contribution is -0.0282. The molecule has 0 atom stereocenters. The van der Waals surface area contributed by atoms with E-state index in [1.807, 2.05) is 23.6 Å². The van der Waals surface area contributed by atoms with Gasteiger partial charge in [0, 0.05) is 49.5 Å². The van der Waals surface area contributed by atoms with Crippen molar-refractivity contribution in [1.29, 1.82) is 0 Å². The summed E-state index contributed by atoms with van der Waals surface area (Å²) in [5, 5.41) is 5.55. The average molecular weight is 495 g/mol. The number of rotatable bonds is 4. The van der Waals surface area contributed by atoms with Crippen LogP contribution in [0.25, 0.3) is 16.6 Å². The van der Waals surface area contributed by atoms with E-state index in [4.69, 9.17) is 9.72 Å². The molecule has 1 spiro atoms. The quantitative estimate of drug-likeness (QED) is 0.578. The van der Waals surface area contributed by atoms with Crippen LogP contribution in [-0.2, 0) is 17.8 Å². The first-order valence-corrected chi connectivity index (χ1v) is 13.5. The van der Waals surface area contributed by atoms with Crippen molar-refractivity contribution >= 4 is 33.6 Å². The number of hydrogen-bond acceptors (Lipinski definition) is 7. The number of benzene rings is 1. The normalized spacial score (nSPS) is 22.4. The van der Waals surface area contributed by atoms with Crippen LogP contribution in [-0.4, -0.2) is 72.3 Å². The zero-order valence-corrected chi connectivity index (χ0v) is 20.7. The number of H-pyrrole nitrogens is 1. The predicted octanol–water partition coefficient (Wildman–Crippen LogP) is 3.60. The van der Waals surface area contributed by atoms with Gasteiger partial charge in [-0.25, -0.2) is 9.37 Å². The fourth-order valence-electron chi connectivity index (χ4n) is 6.22. The summed E-state index contributed by atoms with van der Waals surface area (Å²) in [7, 11) is 0. The summed E-state index contributed by atoms with van der Waals surface area (Å²) >= 11 is 1.81. The Hall–Kier alpha value is -2.46. The fraction of sp³-hybridized carbons (Fsp3) is 0.500. The van der Waals surface area contributed by atoms with Crippen molar-refractivity contribution in [3.8, 4) is 0 Å². The Bertz CT molecular complexity index is 1260. The van der Waals surface area contributed by atoms with Crippen LogP contribution in [0.5, 0.6) is 0 Å². The van der Waals surface area contributed by atoms with E-state index in [9.17, 15) is 0 Å². The van der Waals surface area contributed by atoms with E-state index in [1.54, 1.807) is 12.1 Å². The van der Waals surface area contributed by atoms with Gasteiger partial charge < -0.3 is 24.8 Å². The minimum atomic E-state index is -0.207. The van der Waals surface area contributed by atoms with Crippen molar-refractivity contribution in [3.63, 3.8) is 0 Å². The number of aromatic nitrogens is 2. The predicted molar refractivity (Wildman–Crippen MR) is 137 cm³/mol. The maximum atomic E-state index is 15.2. The number of thiazole rings is 1. The van der Waals surface area contributed by atoms with E-state index in [0.29, 0.717) is 30.9 Å². The molecule has 0 bridgehead atoms. The Kier molecular flexibility index (Phi) is 5.34. The highest BCUT2D eigenvalue weighted by Crippen LogP contribution is 2.42. The number of anilines is 1. The van der Waals surface area contributed by atoms with Gasteiger partial charge >= 0.3 is 0 Å². The zero-order valence-electron chi connectivity index (χ0n) is 19.9. The summed E-state index contributed by atoms with van der Waals surface area (Å²) in [6.45, 7) is 9.24. The molecule has 7 nitrogen and oxygen atoms in total. The van der Waals surface area contributed by atoms with Crippen LogP contribution in [0.3, 0.4) is 0 Å². The fourth-order valence-corrected chi connectivity index (χ4v) is 7.38. The van der Waals surface area contributed by atoms with Crippen LogP contribution < -0.4 is 10.2 Å². The van der Waals surface area contributed by atoms with Crippen molar-refractivity contribution in [3.05, 3.63) is 52.0 Å². The van der Waals surface area contributed by atoms with E-state index < -0.39 is 0 Å². The number of ether oxygens (including phenoxy) is 1. The molecule has 0 amide bonds. The van der Waals surface area contributed by atoms with Crippen molar-refractivity contribution in [2.75, 3.05) is 57.4 Å². The largest absolute Gasteiger partial charge is 0.378 e. The van der Waals surface area contributed by atoms with Gasteiger partial charge in [-0.3, -0.25) is 4.90 Å². The number of halogens is 1. The van der Waals surface area contributed by atoms with Gasteiger partial charge in [-0.1, -0.05) is 0 Å². The van der Waals surface area contributed by atoms with Crippen LogP contribution in [0.2, 0.25) is 0 Å². The lowest BCUT2D eigenvalue weighted by Gasteiger charge is -2.52. The van der Waals surface area contributed by atoms with E-state index in [0.717, 1.165) is 55.0 Å². The number of nitrogens with zero attached hydrogens (tertiary/aromatic N) is 4. The molecule has 4 aliphatic heterocycles. The molecule has 7 rings (SSSR count). The first-order valence-electron chi connectivity index (χ1n) is 12.7. The minimum absolute atomic E-state index is 0.207. The summed E-state index contributed by atoms with van der Waals surface area (Å²) in [5.41, 5.74) is 4.27. The van der Waals surface area contributed by atoms with Crippen LogP contribution >= 0.6 is 11.3 Å². The topological polar surface area (TPSA) is 59.7 Å². The number of nitrogens with one attached hydrogen (secondary N) is 2. The molecule has 6 heterocycles. The molecule has 0 unspecified atom stereocenters. The Balaban J connectivity index is 1.20. The molecule has 0 aliphatic carbocycles. The molecule has 184 valence electrons.